The fourth-order valence-corrected chi connectivity index (χ4v) is 2.27. The number of pyridine rings is 1. The van der Waals surface area contributed by atoms with E-state index in [1.54, 1.807) is 18.5 Å². The average molecular weight is 317 g/mol. The fraction of sp³-hybridized carbons (Fsp3) is 0.375. The largest absolute Gasteiger partial charge is 0.465 e. The highest BCUT2D eigenvalue weighted by Gasteiger charge is 2.08. The van der Waals surface area contributed by atoms with Crippen molar-refractivity contribution in [3.8, 4) is 11.4 Å². The van der Waals surface area contributed by atoms with Crippen molar-refractivity contribution in [2.24, 2.45) is 5.92 Å². The van der Waals surface area contributed by atoms with Gasteiger partial charge in [-0.15, -0.1) is 0 Å². The Morgan fingerprint density at radius 2 is 2.05 bits per heavy atom. The van der Waals surface area contributed by atoms with E-state index in [1.807, 2.05) is 18.2 Å². The number of aromatic nitrogens is 3. The molecular weight excluding hydrogens is 298 g/mol. The normalized spacial score (nSPS) is 10.7. The van der Waals surface area contributed by atoms with Crippen molar-refractivity contribution in [2.75, 3.05) is 12.4 Å². The predicted molar refractivity (Wildman–Crippen MR) is 86.4 cm³/mol. The second-order valence-electron chi connectivity index (χ2n) is 5.13. The molecule has 2 aromatic heterocycles. The van der Waals surface area contributed by atoms with Crippen LogP contribution in [0, 0.1) is 5.92 Å². The summed E-state index contributed by atoms with van der Waals surface area (Å²) in [5, 5.41) is 0.545. The molecule has 0 fully saturated rings. The van der Waals surface area contributed by atoms with Gasteiger partial charge in [-0.2, -0.15) is 0 Å². The number of hydrogen-bond acceptors (Lipinski definition) is 6. The quantitative estimate of drug-likeness (QED) is 0.444. The maximum absolute atomic E-state index is 11.6. The Hall–Kier alpha value is -1.95. The predicted octanol–water partition coefficient (Wildman–Crippen LogP) is 3.22. The van der Waals surface area contributed by atoms with Gasteiger partial charge < -0.3 is 4.74 Å². The van der Waals surface area contributed by atoms with Crippen LogP contribution in [0.3, 0.4) is 0 Å². The highest BCUT2D eigenvalue weighted by atomic mass is 32.2. The maximum Gasteiger partial charge on any atom is 0.316 e. The van der Waals surface area contributed by atoms with Crippen LogP contribution in [0.1, 0.15) is 20.3 Å². The Morgan fingerprint density at radius 1 is 1.18 bits per heavy atom. The number of hydrogen-bond donors (Lipinski definition) is 0. The maximum atomic E-state index is 11.6. The van der Waals surface area contributed by atoms with Crippen LogP contribution in [0.4, 0.5) is 0 Å². The number of thioether (sulfide) groups is 1. The summed E-state index contributed by atoms with van der Waals surface area (Å²) in [6, 6.07) is 7.45. The van der Waals surface area contributed by atoms with Crippen LogP contribution >= 0.6 is 11.8 Å². The highest BCUT2D eigenvalue weighted by Crippen LogP contribution is 2.18. The average Bonchev–Trinajstić information content (AvgIpc) is 2.54. The summed E-state index contributed by atoms with van der Waals surface area (Å²) in [6.07, 6.45) is 4.27. The summed E-state index contributed by atoms with van der Waals surface area (Å²) in [6.45, 7) is 4.66. The van der Waals surface area contributed by atoms with E-state index in [1.165, 1.54) is 11.8 Å². The van der Waals surface area contributed by atoms with E-state index in [2.05, 4.69) is 28.8 Å². The van der Waals surface area contributed by atoms with E-state index in [-0.39, 0.29) is 11.7 Å². The molecule has 0 radical (unpaired) electrons. The van der Waals surface area contributed by atoms with Crippen LogP contribution in [-0.2, 0) is 9.53 Å². The molecule has 2 aromatic rings. The second kappa shape index (κ2) is 8.48. The first-order valence-corrected chi connectivity index (χ1v) is 8.16. The Kier molecular flexibility index (Phi) is 6.33. The lowest BCUT2D eigenvalue weighted by Crippen LogP contribution is -2.10. The van der Waals surface area contributed by atoms with Crippen molar-refractivity contribution in [3.05, 3.63) is 36.7 Å². The zero-order valence-electron chi connectivity index (χ0n) is 12.7. The molecule has 0 aromatic carbocycles. The van der Waals surface area contributed by atoms with E-state index in [9.17, 15) is 4.79 Å². The lowest BCUT2D eigenvalue weighted by atomic mass is 10.1. The minimum Gasteiger partial charge on any atom is -0.465 e. The van der Waals surface area contributed by atoms with Crippen LogP contribution in [0.2, 0.25) is 0 Å². The van der Waals surface area contributed by atoms with Crippen molar-refractivity contribution in [3.63, 3.8) is 0 Å². The first kappa shape index (κ1) is 16.4. The number of esters is 1. The monoisotopic (exact) mass is 317 g/mol. The minimum atomic E-state index is -0.238. The van der Waals surface area contributed by atoms with Gasteiger partial charge in [0, 0.05) is 12.4 Å². The minimum absolute atomic E-state index is 0.212. The Bertz CT molecular complexity index is 605. The lowest BCUT2D eigenvalue weighted by molar-refractivity contribution is -0.140. The molecule has 0 unspecified atom stereocenters. The van der Waals surface area contributed by atoms with Gasteiger partial charge in [0.1, 0.15) is 0 Å². The van der Waals surface area contributed by atoms with Crippen LogP contribution in [0.5, 0.6) is 0 Å². The Morgan fingerprint density at radius 3 is 2.77 bits per heavy atom. The van der Waals surface area contributed by atoms with Crippen LogP contribution < -0.4 is 0 Å². The van der Waals surface area contributed by atoms with Crippen molar-refractivity contribution in [1.29, 1.82) is 0 Å². The third-order valence-electron chi connectivity index (χ3n) is 2.84. The van der Waals surface area contributed by atoms with Crippen LogP contribution in [0.15, 0.2) is 41.8 Å². The summed E-state index contributed by atoms with van der Waals surface area (Å²) in [7, 11) is 0. The summed E-state index contributed by atoms with van der Waals surface area (Å²) >= 11 is 1.27. The molecule has 2 heterocycles. The molecule has 0 atom stereocenters. The summed E-state index contributed by atoms with van der Waals surface area (Å²) in [5.74, 6) is 0.500. The Labute approximate surface area is 134 Å². The number of ether oxygens (including phenoxy) is 1. The summed E-state index contributed by atoms with van der Waals surface area (Å²) < 4.78 is 5.16. The zero-order valence-corrected chi connectivity index (χ0v) is 13.5. The molecule has 0 N–H and O–H groups in total. The highest BCUT2D eigenvalue weighted by molar-refractivity contribution is 7.99. The molecule has 0 spiro atoms. The lowest BCUT2D eigenvalue weighted by Gasteiger charge is -2.06. The molecule has 0 saturated heterocycles. The van der Waals surface area contributed by atoms with Gasteiger partial charge in [-0.1, -0.05) is 31.7 Å². The second-order valence-corrected chi connectivity index (χ2v) is 6.07. The third kappa shape index (κ3) is 5.44. The van der Waals surface area contributed by atoms with E-state index in [0.29, 0.717) is 17.7 Å². The number of carbonyl (C=O) groups excluding carboxylic acids is 1. The molecule has 0 aliphatic heterocycles. The van der Waals surface area contributed by atoms with E-state index in [4.69, 9.17) is 4.74 Å². The van der Waals surface area contributed by atoms with Gasteiger partial charge in [0.15, 0.2) is 5.16 Å². The van der Waals surface area contributed by atoms with Gasteiger partial charge in [-0.05, 0) is 30.5 Å². The molecule has 6 heteroatoms. The first-order valence-electron chi connectivity index (χ1n) is 7.18. The van der Waals surface area contributed by atoms with Crippen LogP contribution in [0.25, 0.3) is 11.4 Å². The molecule has 2 rings (SSSR count). The van der Waals surface area contributed by atoms with E-state index < -0.39 is 0 Å². The molecule has 22 heavy (non-hydrogen) atoms. The zero-order chi connectivity index (χ0) is 15.8. The number of nitrogens with zero attached hydrogens (tertiary/aromatic N) is 3. The first-order chi connectivity index (χ1) is 10.6. The van der Waals surface area contributed by atoms with Gasteiger partial charge in [-0.25, -0.2) is 9.97 Å². The molecular formula is C16H19N3O2S. The van der Waals surface area contributed by atoms with Gasteiger partial charge >= 0.3 is 5.97 Å². The van der Waals surface area contributed by atoms with Gasteiger partial charge in [-0.3, -0.25) is 9.78 Å². The van der Waals surface area contributed by atoms with Gasteiger partial charge in [0.25, 0.3) is 0 Å². The third-order valence-corrected chi connectivity index (χ3v) is 3.67. The molecule has 0 saturated carbocycles. The molecule has 0 bridgehead atoms. The van der Waals surface area contributed by atoms with Crippen molar-refractivity contribution in [2.45, 2.75) is 25.4 Å². The molecule has 5 nitrogen and oxygen atoms in total. The van der Waals surface area contributed by atoms with E-state index in [0.717, 1.165) is 17.8 Å². The molecule has 0 aliphatic carbocycles. The fourth-order valence-electron chi connectivity index (χ4n) is 1.64. The Balaban J connectivity index is 1.87. The topological polar surface area (TPSA) is 65.0 Å². The van der Waals surface area contributed by atoms with Crippen molar-refractivity contribution in [1.82, 2.24) is 15.0 Å². The number of carbonyl (C=O) groups is 1. The smallest absolute Gasteiger partial charge is 0.316 e. The van der Waals surface area contributed by atoms with Gasteiger partial charge in [0.05, 0.1) is 23.7 Å². The SMILES string of the molecule is CC(C)CCOC(=O)CSc1nccc(-c2ccccn2)n1. The van der Waals surface area contributed by atoms with E-state index >= 15 is 0 Å². The number of rotatable bonds is 7. The summed E-state index contributed by atoms with van der Waals surface area (Å²) in [5.41, 5.74) is 1.53. The van der Waals surface area contributed by atoms with Crippen molar-refractivity contribution < 1.29 is 9.53 Å². The standard InChI is InChI=1S/C16H19N3O2S/c1-12(2)7-10-21-15(20)11-22-16-18-9-6-14(19-16)13-5-3-4-8-17-13/h3-6,8-9,12H,7,10-11H2,1-2H3. The molecule has 0 amide bonds. The van der Waals surface area contributed by atoms with Crippen molar-refractivity contribution >= 4 is 17.7 Å². The van der Waals surface area contributed by atoms with Gasteiger partial charge in [0.2, 0.25) is 0 Å². The molecule has 116 valence electrons. The summed E-state index contributed by atoms with van der Waals surface area (Å²) in [4.78, 5) is 24.5. The molecule has 0 aliphatic rings. The van der Waals surface area contributed by atoms with Crippen LogP contribution in [-0.4, -0.2) is 33.3 Å².